The third-order valence-electron chi connectivity index (χ3n) is 2.12. The van der Waals surface area contributed by atoms with Crippen LogP contribution >= 0.6 is 16.1 Å². The van der Waals surface area contributed by atoms with Gasteiger partial charge in [-0.25, -0.2) is 4.03 Å². The first-order valence-electron chi connectivity index (χ1n) is 4.50. The van der Waals surface area contributed by atoms with Gasteiger partial charge in [-0.2, -0.15) is 5.10 Å². The van der Waals surface area contributed by atoms with Crippen molar-refractivity contribution >= 4 is 33.7 Å². The summed E-state index contributed by atoms with van der Waals surface area (Å²) in [5, 5.41) is 4.15. The number of Topliss-reactive ketones (excluding diaryl/α,β-unsaturated/α-hetero) is 1. The third kappa shape index (κ3) is 1.99. The fraction of sp³-hybridized carbons (Fsp3) is 0.0909. The van der Waals surface area contributed by atoms with E-state index >= 15 is 0 Å². The smallest absolute Gasteiger partial charge is 0.180 e. The molecule has 0 atom stereocenters. The maximum atomic E-state index is 11.5. The lowest BCUT2D eigenvalue weighted by atomic mass is 10.0. The van der Waals surface area contributed by atoms with Crippen molar-refractivity contribution < 1.29 is 4.79 Å². The second-order valence-electron chi connectivity index (χ2n) is 3.20. The highest BCUT2D eigenvalue weighted by atomic mass is 79.9. The Balaban J connectivity index is 2.62. The van der Waals surface area contributed by atoms with Crippen molar-refractivity contribution in [1.29, 1.82) is 0 Å². The maximum Gasteiger partial charge on any atom is 0.180 e. The van der Waals surface area contributed by atoms with Gasteiger partial charge in [0.05, 0.1) is 16.1 Å². The Labute approximate surface area is 96.4 Å². The van der Waals surface area contributed by atoms with Crippen LogP contribution < -0.4 is 0 Å². The molecule has 1 aromatic carbocycles. The van der Waals surface area contributed by atoms with E-state index in [2.05, 4.69) is 21.2 Å². The summed E-state index contributed by atoms with van der Waals surface area (Å²) in [6.45, 7) is 1.52. The van der Waals surface area contributed by atoms with E-state index in [4.69, 9.17) is 0 Å². The number of carbonyl (C=O) groups excluding carboxylic acids is 1. The van der Waals surface area contributed by atoms with Crippen molar-refractivity contribution in [3.8, 4) is 0 Å². The Morgan fingerprint density at radius 3 is 2.87 bits per heavy atom. The topological polar surface area (TPSA) is 32.7 Å². The van der Waals surface area contributed by atoms with E-state index in [0.717, 1.165) is 11.1 Å². The molecule has 0 N–H and O–H groups in total. The zero-order valence-corrected chi connectivity index (χ0v) is 9.73. The number of benzene rings is 1. The molecule has 0 saturated heterocycles. The zero-order valence-electron chi connectivity index (χ0n) is 8.14. The first-order valence-corrected chi connectivity index (χ1v) is 5.21. The predicted molar refractivity (Wildman–Crippen MR) is 63.5 cm³/mol. The Bertz CT molecular complexity index is 465. The molecule has 0 spiro atoms. The highest BCUT2D eigenvalue weighted by molar-refractivity contribution is 9.07. The summed E-state index contributed by atoms with van der Waals surface area (Å²) in [5.41, 5.74) is 2.32. The van der Waals surface area contributed by atoms with Crippen LogP contribution in [0.1, 0.15) is 18.1 Å². The molecule has 0 radical (unpaired) electrons. The molecule has 4 heteroatoms. The number of fused-ring (bicyclic) bond motifs is 1. The van der Waals surface area contributed by atoms with Gasteiger partial charge in [0, 0.05) is 18.7 Å². The molecule has 0 aliphatic carbocycles. The highest BCUT2D eigenvalue weighted by Crippen LogP contribution is 2.18. The fourth-order valence-corrected chi connectivity index (χ4v) is 1.72. The van der Waals surface area contributed by atoms with Crippen molar-refractivity contribution in [1.82, 2.24) is 4.03 Å². The number of rotatable bonds is 1. The molecule has 0 bridgehead atoms. The van der Waals surface area contributed by atoms with Gasteiger partial charge in [0.2, 0.25) is 0 Å². The largest absolute Gasteiger partial charge is 0.293 e. The lowest BCUT2D eigenvalue weighted by Gasteiger charge is -2.05. The number of hydrogen-bond donors (Lipinski definition) is 0. The second-order valence-corrected chi connectivity index (χ2v) is 3.92. The van der Waals surface area contributed by atoms with Crippen LogP contribution in [0, 0.1) is 0 Å². The van der Waals surface area contributed by atoms with Gasteiger partial charge in [-0.3, -0.25) is 4.79 Å². The minimum atomic E-state index is -0.0457. The second kappa shape index (κ2) is 3.98. The normalized spacial score (nSPS) is 14.3. The minimum absolute atomic E-state index is 0.0457. The van der Waals surface area contributed by atoms with Gasteiger partial charge in [-0.05, 0) is 11.6 Å². The van der Waals surface area contributed by atoms with Crippen LogP contribution in [0.4, 0.5) is 0 Å². The van der Waals surface area contributed by atoms with Crippen molar-refractivity contribution in [2.75, 3.05) is 0 Å². The molecular formula is C11H9BrN2O. The molecular weight excluding hydrogens is 256 g/mol. The van der Waals surface area contributed by atoms with Gasteiger partial charge in [0.15, 0.2) is 5.78 Å². The molecule has 0 unspecified atom stereocenters. The van der Waals surface area contributed by atoms with Crippen LogP contribution in [-0.2, 0) is 4.79 Å². The minimum Gasteiger partial charge on any atom is -0.293 e. The molecule has 76 valence electrons. The van der Waals surface area contributed by atoms with Crippen molar-refractivity contribution in [3.05, 3.63) is 41.6 Å². The molecule has 1 aliphatic rings. The Morgan fingerprint density at radius 1 is 1.40 bits per heavy atom. The van der Waals surface area contributed by atoms with Crippen LogP contribution in [0.2, 0.25) is 0 Å². The molecule has 3 nitrogen and oxygen atoms in total. The molecule has 1 aliphatic heterocycles. The van der Waals surface area contributed by atoms with Crippen LogP contribution in [0.25, 0.3) is 6.08 Å². The quantitative estimate of drug-likeness (QED) is 0.731. The van der Waals surface area contributed by atoms with Gasteiger partial charge >= 0.3 is 0 Å². The van der Waals surface area contributed by atoms with Gasteiger partial charge < -0.3 is 0 Å². The molecule has 0 amide bonds. The lowest BCUT2D eigenvalue weighted by Crippen LogP contribution is -2.14. The van der Waals surface area contributed by atoms with E-state index in [1.807, 2.05) is 30.3 Å². The summed E-state index contributed by atoms with van der Waals surface area (Å²) in [6, 6.07) is 7.68. The summed E-state index contributed by atoms with van der Waals surface area (Å²) < 4.78 is 1.46. The summed E-state index contributed by atoms with van der Waals surface area (Å²) in [5.74, 6) is -0.0457. The third-order valence-corrected chi connectivity index (χ3v) is 2.52. The van der Waals surface area contributed by atoms with Gasteiger partial charge in [0.25, 0.3) is 0 Å². The predicted octanol–water partition coefficient (Wildman–Crippen LogP) is 2.58. The number of carbonyl (C=O) groups is 1. The standard InChI is InChI=1S/C11H9BrN2O/c1-8(15)11-10-5-3-2-4-9(10)6-7-14(12)13-11/h2-7H,1H3. The van der Waals surface area contributed by atoms with E-state index in [-0.39, 0.29) is 5.78 Å². The number of nitrogens with zero attached hydrogens (tertiary/aromatic N) is 2. The van der Waals surface area contributed by atoms with Crippen LogP contribution in [0.5, 0.6) is 0 Å². The van der Waals surface area contributed by atoms with Crippen molar-refractivity contribution in [2.45, 2.75) is 6.92 Å². The number of hydrogen-bond acceptors (Lipinski definition) is 3. The summed E-state index contributed by atoms with van der Waals surface area (Å²) in [4.78, 5) is 11.5. The van der Waals surface area contributed by atoms with Gasteiger partial charge in [-0.1, -0.05) is 24.3 Å². The number of hydrazone groups is 1. The Morgan fingerprint density at radius 2 is 2.13 bits per heavy atom. The summed E-state index contributed by atoms with van der Waals surface area (Å²) >= 11 is 3.21. The fourth-order valence-electron chi connectivity index (χ4n) is 1.44. The molecule has 1 aromatic rings. The summed E-state index contributed by atoms with van der Waals surface area (Å²) in [7, 11) is 0. The van der Waals surface area contributed by atoms with Gasteiger partial charge in [-0.15, -0.1) is 0 Å². The first kappa shape index (κ1) is 10.1. The van der Waals surface area contributed by atoms with Crippen LogP contribution in [0.15, 0.2) is 35.6 Å². The van der Waals surface area contributed by atoms with Gasteiger partial charge in [0.1, 0.15) is 5.71 Å². The van der Waals surface area contributed by atoms with E-state index < -0.39 is 0 Å². The SMILES string of the molecule is CC(=O)C1=NN(Br)C=Cc2ccccc21. The van der Waals surface area contributed by atoms with Crippen molar-refractivity contribution in [3.63, 3.8) is 0 Å². The average molecular weight is 265 g/mol. The number of halogens is 1. The van der Waals surface area contributed by atoms with Crippen molar-refractivity contribution in [2.24, 2.45) is 5.10 Å². The van der Waals surface area contributed by atoms with Crippen LogP contribution in [0.3, 0.4) is 0 Å². The molecule has 15 heavy (non-hydrogen) atoms. The monoisotopic (exact) mass is 264 g/mol. The lowest BCUT2D eigenvalue weighted by molar-refractivity contribution is -0.111. The van der Waals surface area contributed by atoms with Crippen LogP contribution in [-0.4, -0.2) is 15.5 Å². The summed E-state index contributed by atoms with van der Waals surface area (Å²) in [6.07, 6.45) is 3.66. The van der Waals surface area contributed by atoms with E-state index in [1.54, 1.807) is 6.20 Å². The molecule has 0 saturated carbocycles. The van der Waals surface area contributed by atoms with E-state index in [1.165, 1.54) is 11.0 Å². The van der Waals surface area contributed by atoms with E-state index in [0.29, 0.717) is 5.71 Å². The Kier molecular flexibility index (Phi) is 2.68. The first-order chi connectivity index (χ1) is 7.18. The average Bonchev–Trinajstić information content (AvgIpc) is 2.39. The van der Waals surface area contributed by atoms with E-state index in [9.17, 15) is 4.79 Å². The number of ketones is 1. The zero-order chi connectivity index (χ0) is 10.8. The maximum absolute atomic E-state index is 11.5. The molecule has 0 aromatic heterocycles. The molecule has 0 fully saturated rings. The molecule has 1 heterocycles. The highest BCUT2D eigenvalue weighted by Gasteiger charge is 2.15. The molecule has 2 rings (SSSR count). The Hall–Kier alpha value is -1.42.